The molecule has 7 aromatic rings. The summed E-state index contributed by atoms with van der Waals surface area (Å²) in [4.78, 5) is 35.7. The van der Waals surface area contributed by atoms with E-state index in [1.54, 1.807) is 0 Å². The Morgan fingerprint density at radius 1 is 0.189 bits per heavy atom. The largest absolute Gasteiger partial charge is 0.261 e. The third-order valence-corrected chi connectivity index (χ3v) is 21.8. The number of aromatic nitrogens is 7. The summed E-state index contributed by atoms with van der Waals surface area (Å²) < 4.78 is 0. The molecule has 0 unspecified atom stereocenters. The van der Waals surface area contributed by atoms with E-state index < -0.39 is 0 Å². The Morgan fingerprint density at radius 3 is 0.820 bits per heavy atom. The van der Waals surface area contributed by atoms with Gasteiger partial charge in [0.25, 0.3) is 0 Å². The molecule has 9 heteroatoms. The van der Waals surface area contributed by atoms with Crippen LogP contribution in [0.5, 0.6) is 0 Å². The quantitative estimate of drug-likeness (QED) is 0.0708. The molecule has 7 nitrogen and oxygen atoms in total. The Morgan fingerprint density at radius 2 is 0.514 bits per heavy atom. The predicted molar refractivity (Wildman–Crippen MR) is 515 cm³/mol. The first-order valence-corrected chi connectivity index (χ1v) is 42.2. The summed E-state index contributed by atoms with van der Waals surface area (Å²) in [5.41, 5.74) is 22.5. The van der Waals surface area contributed by atoms with Gasteiger partial charge in [0.05, 0.1) is 38.5 Å². The van der Waals surface area contributed by atoms with Crippen LogP contribution in [0.4, 0.5) is 0 Å². The van der Waals surface area contributed by atoms with E-state index in [0.29, 0.717) is 124 Å². The molecule has 0 saturated carbocycles. The van der Waals surface area contributed by atoms with E-state index in [9.17, 15) is 0 Å². The van der Waals surface area contributed by atoms with Crippen LogP contribution < -0.4 is 0 Å². The van der Waals surface area contributed by atoms with Gasteiger partial charge in [0.15, 0.2) is 0 Å². The third-order valence-electron chi connectivity index (χ3n) is 18.5. The molecule has 0 atom stereocenters. The second-order valence-electron chi connectivity index (χ2n) is 35.5. The van der Waals surface area contributed by atoms with Crippen LogP contribution in [0.1, 0.15) is 590 Å². The first-order valence-electron chi connectivity index (χ1n) is 40.5. The van der Waals surface area contributed by atoms with Crippen molar-refractivity contribution in [2.24, 2.45) is 0 Å². The monoisotopic (exact) mass is 1580 g/mol. The normalized spacial score (nSPS) is 11.0. The molecule has 7 rings (SSSR count). The molecule has 0 amide bonds. The zero-order valence-electron chi connectivity index (χ0n) is 74.3. The molecular formula is C102H189N7S2. The van der Waals surface area contributed by atoms with Crippen molar-refractivity contribution in [3.63, 3.8) is 0 Å². The highest BCUT2D eigenvalue weighted by atomic mass is 32.1. The minimum absolute atomic E-state index is 0. The maximum Gasteiger partial charge on any atom is 0.0956 e. The smallest absolute Gasteiger partial charge is 0.0956 e. The SMILES string of the molecule is C.C.C.C.C.C.C.C.CC(C)c1cc(C(C)C)c(C(C)C)cn1.CC(C)c1ccc(C(C)C)c(C(C)C)c1.CC(C)c1ccc(C(C)C)c(C(C)C)n1.CC(C)c1cnc(C(C)C)c(C(C)C)c1.CC(C)c1cnc(C(C)C)c(C(C)C)n1.CC(C)c1nc(C(C)C)c(C(C)C)s1.CC(C)c1nc(C(C)C)c(C(C)C)s1. The summed E-state index contributed by atoms with van der Waals surface area (Å²) in [6.45, 7) is 93.4. The highest BCUT2D eigenvalue weighted by Gasteiger charge is 2.22. The third kappa shape index (κ3) is 39.5. The van der Waals surface area contributed by atoms with Gasteiger partial charge in [0.2, 0.25) is 0 Å². The fourth-order valence-electron chi connectivity index (χ4n) is 11.8. The summed E-state index contributed by atoms with van der Waals surface area (Å²) >= 11 is 3.79. The van der Waals surface area contributed by atoms with Crippen molar-refractivity contribution in [1.82, 2.24) is 34.9 Å². The number of hydrogen-bond acceptors (Lipinski definition) is 9. The zero-order chi connectivity index (χ0) is 79.7. The van der Waals surface area contributed by atoms with Crippen molar-refractivity contribution in [3.05, 3.63) is 177 Å². The molecule has 1 aromatic carbocycles. The molecule has 0 radical (unpaired) electrons. The van der Waals surface area contributed by atoms with Crippen LogP contribution in [0.3, 0.4) is 0 Å². The molecule has 0 fully saturated rings. The molecule has 6 aromatic heterocycles. The van der Waals surface area contributed by atoms with Crippen molar-refractivity contribution in [2.45, 2.75) is 474 Å². The second kappa shape index (κ2) is 58.0. The number of hydrogen-bond donors (Lipinski definition) is 0. The summed E-state index contributed by atoms with van der Waals surface area (Å²) in [5.74, 6) is 11.6. The van der Waals surface area contributed by atoms with E-state index in [-0.39, 0.29) is 59.4 Å². The predicted octanol–water partition coefficient (Wildman–Crippen LogP) is 36.4. The number of benzene rings is 1. The van der Waals surface area contributed by atoms with Crippen LogP contribution in [-0.2, 0) is 0 Å². The maximum atomic E-state index is 4.79. The average molecular weight is 1580 g/mol. The number of rotatable bonds is 21. The van der Waals surface area contributed by atoms with Crippen molar-refractivity contribution in [2.75, 3.05) is 0 Å². The van der Waals surface area contributed by atoms with Gasteiger partial charge in [-0.3, -0.25) is 24.9 Å². The molecular weight excluding hydrogens is 1390 g/mol. The van der Waals surface area contributed by atoms with E-state index >= 15 is 0 Å². The molecule has 0 aliphatic rings. The van der Waals surface area contributed by atoms with Gasteiger partial charge in [-0.05, 0) is 169 Å². The fourth-order valence-corrected chi connectivity index (χ4v) is 14.2. The van der Waals surface area contributed by atoms with Gasteiger partial charge >= 0.3 is 0 Å². The Labute approximate surface area is 704 Å². The molecule has 6 heterocycles. The van der Waals surface area contributed by atoms with Gasteiger partial charge in [0.1, 0.15) is 0 Å². The van der Waals surface area contributed by atoms with Crippen LogP contribution in [-0.4, -0.2) is 34.9 Å². The lowest BCUT2D eigenvalue weighted by Crippen LogP contribution is -2.08. The molecule has 0 N–H and O–H groups in total. The van der Waals surface area contributed by atoms with Crippen LogP contribution in [0.25, 0.3) is 0 Å². The van der Waals surface area contributed by atoms with Gasteiger partial charge in [0, 0.05) is 63.0 Å². The van der Waals surface area contributed by atoms with E-state index in [1.165, 1.54) is 98.4 Å². The molecule has 0 saturated heterocycles. The maximum absolute atomic E-state index is 4.79. The topological polar surface area (TPSA) is 90.2 Å². The molecule has 0 aliphatic heterocycles. The number of pyridine rings is 3. The summed E-state index contributed by atoms with van der Waals surface area (Å²) in [6.07, 6.45) is 6.02. The van der Waals surface area contributed by atoms with Crippen molar-refractivity contribution < 1.29 is 0 Å². The van der Waals surface area contributed by atoms with Gasteiger partial charge in [-0.1, -0.05) is 381 Å². The van der Waals surface area contributed by atoms with Crippen molar-refractivity contribution in [1.29, 1.82) is 0 Å². The van der Waals surface area contributed by atoms with E-state index in [1.807, 2.05) is 35.1 Å². The molecule has 0 bridgehead atoms. The minimum Gasteiger partial charge on any atom is -0.261 e. The zero-order valence-corrected chi connectivity index (χ0v) is 76.0. The first kappa shape index (κ1) is 122. The molecule has 644 valence electrons. The summed E-state index contributed by atoms with van der Waals surface area (Å²) in [5, 5.41) is 2.58. The van der Waals surface area contributed by atoms with Crippen LogP contribution in [0.2, 0.25) is 0 Å². The number of nitrogens with zero attached hydrogens (tertiary/aromatic N) is 7. The van der Waals surface area contributed by atoms with Gasteiger partial charge in [-0.2, -0.15) is 0 Å². The van der Waals surface area contributed by atoms with Crippen molar-refractivity contribution in [3.8, 4) is 0 Å². The minimum atomic E-state index is 0. The standard InChI is InChI=1S/C15H24.3C14H23N.C13H22N2.2C12H21NS.8CH4/c1-10(2)13-7-8-14(11(3)4)15(9-13)12(5)6;1-9(2)12-7-14(11(5)6)15-8-13(12)10(3)4;1-9(2)12-7-13(10(3)4)14(11(5)6)15-8-12;1-9(2)12-7-8-13(10(3)4)15-14(12)11(5)6;1-8(2)11-7-14-12(9(3)4)13(15-11)10(5)6;2*1-7(2)10-11(8(3)4)14-12(13-10)9(5)6;;;;;;;;/h7-12H,1-6H3;3*7-11H,1-6H3;7-10H,1-6H3;2*7-9H,1-6H3;8*1H4. The van der Waals surface area contributed by atoms with Gasteiger partial charge in [-0.25, -0.2) is 9.97 Å². The molecule has 0 spiro atoms. The summed E-state index contributed by atoms with van der Waals surface area (Å²) in [6, 6.07) is 16.0. The van der Waals surface area contributed by atoms with E-state index in [4.69, 9.17) is 19.9 Å². The highest BCUT2D eigenvalue weighted by molar-refractivity contribution is 7.12. The Balaban J connectivity index is -0.000000184. The first-order chi connectivity index (χ1) is 47.5. The van der Waals surface area contributed by atoms with Crippen molar-refractivity contribution >= 4 is 22.7 Å². The van der Waals surface area contributed by atoms with Crippen LogP contribution in [0, 0.1) is 0 Å². The summed E-state index contributed by atoms with van der Waals surface area (Å²) in [7, 11) is 0. The number of thiazole rings is 2. The van der Waals surface area contributed by atoms with Crippen LogP contribution >= 0.6 is 22.7 Å². The second-order valence-corrected chi connectivity index (χ2v) is 37.6. The molecule has 0 aliphatic carbocycles. The van der Waals surface area contributed by atoms with Gasteiger partial charge < -0.3 is 0 Å². The lowest BCUT2D eigenvalue weighted by molar-refractivity contribution is 0.695. The fraction of sp³-hybridized carbons (Fsp3) is 0.696. The lowest BCUT2D eigenvalue weighted by Gasteiger charge is -2.18. The lowest BCUT2D eigenvalue weighted by atomic mass is 9.87. The Hall–Kier alpha value is -4.99. The van der Waals surface area contributed by atoms with Gasteiger partial charge in [-0.15, -0.1) is 22.7 Å². The van der Waals surface area contributed by atoms with Crippen LogP contribution in [0.15, 0.2) is 61.1 Å². The van der Waals surface area contributed by atoms with E-state index in [2.05, 4.69) is 354 Å². The highest BCUT2D eigenvalue weighted by Crippen LogP contribution is 2.37. The Bertz CT molecular complexity index is 3010. The van der Waals surface area contributed by atoms with E-state index in [0.717, 1.165) is 17.1 Å². The molecule has 111 heavy (non-hydrogen) atoms. The Kier molecular flexibility index (Phi) is 63.5. The average Bonchev–Trinajstić information content (AvgIpc) is 1.16.